The van der Waals surface area contributed by atoms with E-state index in [0.717, 1.165) is 12.0 Å². The van der Waals surface area contributed by atoms with Gasteiger partial charge in [-0.2, -0.15) is 0 Å². The predicted octanol–water partition coefficient (Wildman–Crippen LogP) is 4.31. The third-order valence-corrected chi connectivity index (χ3v) is 3.30. The van der Waals surface area contributed by atoms with Crippen LogP contribution in [0.25, 0.3) is 0 Å². The molecule has 0 heterocycles. The first kappa shape index (κ1) is 14.6. The van der Waals surface area contributed by atoms with Gasteiger partial charge in [-0.15, -0.1) is 0 Å². The molecular formula is C17H17ClO2. The van der Waals surface area contributed by atoms with E-state index in [1.807, 2.05) is 30.3 Å². The van der Waals surface area contributed by atoms with Crippen LogP contribution >= 0.6 is 11.6 Å². The van der Waals surface area contributed by atoms with E-state index in [1.54, 1.807) is 31.2 Å². The number of rotatable bonds is 6. The summed E-state index contributed by atoms with van der Waals surface area (Å²) < 4.78 is 5.61. The van der Waals surface area contributed by atoms with Gasteiger partial charge in [-0.25, -0.2) is 0 Å². The Bertz CT molecular complexity index is 566. The van der Waals surface area contributed by atoms with Crippen molar-refractivity contribution in [2.45, 2.75) is 25.9 Å². The molecule has 2 nitrogen and oxygen atoms in total. The number of hydrogen-bond acceptors (Lipinski definition) is 2. The van der Waals surface area contributed by atoms with Gasteiger partial charge in [0.1, 0.15) is 5.75 Å². The molecule has 2 aromatic carbocycles. The Morgan fingerprint density at radius 1 is 1.15 bits per heavy atom. The third kappa shape index (κ3) is 4.39. The number of Topliss-reactive ketones (excluding diaryl/α,β-unsaturated/α-hetero) is 1. The van der Waals surface area contributed by atoms with E-state index in [4.69, 9.17) is 16.3 Å². The van der Waals surface area contributed by atoms with E-state index >= 15 is 0 Å². The van der Waals surface area contributed by atoms with E-state index in [1.165, 1.54) is 0 Å². The topological polar surface area (TPSA) is 26.3 Å². The fraction of sp³-hybridized carbons (Fsp3) is 0.235. The average molecular weight is 289 g/mol. The number of ketones is 1. The average Bonchev–Trinajstić information content (AvgIpc) is 2.46. The van der Waals surface area contributed by atoms with Gasteiger partial charge in [0.2, 0.25) is 0 Å². The lowest BCUT2D eigenvalue weighted by molar-refractivity contribution is -0.125. The van der Waals surface area contributed by atoms with Gasteiger partial charge in [0.25, 0.3) is 0 Å². The molecule has 1 unspecified atom stereocenters. The van der Waals surface area contributed by atoms with Crippen LogP contribution in [-0.2, 0) is 11.2 Å². The molecular weight excluding hydrogens is 272 g/mol. The second-order valence-corrected chi connectivity index (χ2v) is 5.11. The fourth-order valence-electron chi connectivity index (χ4n) is 1.93. The molecule has 0 spiro atoms. The molecule has 0 aromatic heterocycles. The summed E-state index contributed by atoms with van der Waals surface area (Å²) in [5, 5.41) is 0.603. The summed E-state index contributed by atoms with van der Waals surface area (Å²) in [4.78, 5) is 12.0. The van der Waals surface area contributed by atoms with Gasteiger partial charge in [0.15, 0.2) is 11.9 Å². The molecule has 3 heteroatoms. The van der Waals surface area contributed by atoms with E-state index in [0.29, 0.717) is 17.2 Å². The van der Waals surface area contributed by atoms with Crippen molar-refractivity contribution in [2.24, 2.45) is 0 Å². The van der Waals surface area contributed by atoms with E-state index in [-0.39, 0.29) is 5.78 Å². The molecule has 1 atom stereocenters. The normalized spacial score (nSPS) is 11.9. The van der Waals surface area contributed by atoms with Crippen LogP contribution in [0.1, 0.15) is 18.9 Å². The van der Waals surface area contributed by atoms with E-state index in [2.05, 4.69) is 0 Å². The molecule has 2 aromatic rings. The summed E-state index contributed by atoms with van der Waals surface area (Å²) in [6, 6.07) is 17.1. The van der Waals surface area contributed by atoms with Gasteiger partial charge in [0, 0.05) is 11.4 Å². The first-order valence-electron chi connectivity index (χ1n) is 6.64. The molecule has 0 fully saturated rings. The summed E-state index contributed by atoms with van der Waals surface area (Å²) in [7, 11) is 0. The second-order valence-electron chi connectivity index (χ2n) is 4.67. The number of carbonyl (C=O) groups excluding carboxylic acids is 1. The van der Waals surface area contributed by atoms with Crippen molar-refractivity contribution in [2.75, 3.05) is 0 Å². The maximum atomic E-state index is 12.0. The highest BCUT2D eigenvalue weighted by molar-refractivity contribution is 6.30. The van der Waals surface area contributed by atoms with Crippen molar-refractivity contribution in [3.8, 4) is 5.75 Å². The Balaban J connectivity index is 1.86. The molecule has 0 N–H and O–H groups in total. The molecule has 2 rings (SSSR count). The molecule has 0 aliphatic carbocycles. The van der Waals surface area contributed by atoms with Crippen LogP contribution in [0, 0.1) is 0 Å². The van der Waals surface area contributed by atoms with Crippen molar-refractivity contribution in [3.63, 3.8) is 0 Å². The molecule has 0 aliphatic heterocycles. The van der Waals surface area contributed by atoms with Crippen LogP contribution in [0.4, 0.5) is 0 Å². The predicted molar refractivity (Wildman–Crippen MR) is 81.3 cm³/mol. The molecule has 20 heavy (non-hydrogen) atoms. The van der Waals surface area contributed by atoms with Gasteiger partial charge in [-0.1, -0.05) is 48.0 Å². The molecule has 0 saturated heterocycles. The molecule has 0 aliphatic rings. The van der Waals surface area contributed by atoms with Gasteiger partial charge in [-0.05, 0) is 37.1 Å². The summed E-state index contributed by atoms with van der Waals surface area (Å²) in [5.41, 5.74) is 1.16. The maximum Gasteiger partial charge on any atom is 0.173 e. The Kier molecular flexibility index (Phi) is 5.19. The first-order chi connectivity index (χ1) is 9.65. The van der Waals surface area contributed by atoms with E-state index < -0.39 is 6.10 Å². The minimum atomic E-state index is -0.461. The van der Waals surface area contributed by atoms with Crippen molar-refractivity contribution >= 4 is 17.4 Å². The monoisotopic (exact) mass is 288 g/mol. The molecule has 104 valence electrons. The van der Waals surface area contributed by atoms with Crippen molar-refractivity contribution in [1.29, 1.82) is 0 Å². The third-order valence-electron chi connectivity index (χ3n) is 3.07. The summed E-state index contributed by atoms with van der Waals surface area (Å²) in [6.07, 6.45) is 0.756. The summed E-state index contributed by atoms with van der Waals surface area (Å²) >= 11 is 5.88. The molecule has 0 amide bonds. The largest absolute Gasteiger partial charge is 0.483 e. The minimum Gasteiger partial charge on any atom is -0.483 e. The summed E-state index contributed by atoms with van der Waals surface area (Å²) in [6.45, 7) is 1.77. The van der Waals surface area contributed by atoms with Crippen molar-refractivity contribution in [1.82, 2.24) is 0 Å². The minimum absolute atomic E-state index is 0.0915. The first-order valence-corrected chi connectivity index (χ1v) is 7.02. The SMILES string of the molecule is CC(Oc1cccc(Cl)c1)C(=O)CCc1ccccc1. The number of aryl methyl sites for hydroxylation is 1. The fourth-order valence-corrected chi connectivity index (χ4v) is 2.11. The molecule has 0 bridgehead atoms. The van der Waals surface area contributed by atoms with E-state index in [9.17, 15) is 4.79 Å². The van der Waals surface area contributed by atoms with Crippen LogP contribution in [0.15, 0.2) is 54.6 Å². The highest BCUT2D eigenvalue weighted by Crippen LogP contribution is 2.19. The Morgan fingerprint density at radius 3 is 2.60 bits per heavy atom. The van der Waals surface area contributed by atoms with Crippen molar-refractivity contribution in [3.05, 3.63) is 65.2 Å². The van der Waals surface area contributed by atoms with Gasteiger partial charge < -0.3 is 4.74 Å². The number of halogens is 1. The van der Waals surface area contributed by atoms with Crippen LogP contribution in [0.2, 0.25) is 5.02 Å². The standard InChI is InChI=1S/C17H17ClO2/c1-13(20-16-9-5-8-15(18)12-16)17(19)11-10-14-6-3-2-4-7-14/h2-9,12-13H,10-11H2,1H3. The highest BCUT2D eigenvalue weighted by Gasteiger charge is 2.14. The lowest BCUT2D eigenvalue weighted by Gasteiger charge is -2.13. The second kappa shape index (κ2) is 7.11. The Hall–Kier alpha value is -1.80. The van der Waals surface area contributed by atoms with Gasteiger partial charge in [0.05, 0.1) is 0 Å². The van der Waals surface area contributed by atoms with Gasteiger partial charge >= 0.3 is 0 Å². The van der Waals surface area contributed by atoms with Crippen LogP contribution in [-0.4, -0.2) is 11.9 Å². The highest BCUT2D eigenvalue weighted by atomic mass is 35.5. The van der Waals surface area contributed by atoms with Crippen molar-refractivity contribution < 1.29 is 9.53 Å². The Labute approximate surface area is 124 Å². The zero-order chi connectivity index (χ0) is 14.4. The number of benzene rings is 2. The molecule has 0 radical (unpaired) electrons. The lowest BCUT2D eigenvalue weighted by Crippen LogP contribution is -2.24. The number of hydrogen-bond donors (Lipinski definition) is 0. The Morgan fingerprint density at radius 2 is 1.90 bits per heavy atom. The number of ether oxygens (including phenoxy) is 1. The summed E-state index contributed by atoms with van der Waals surface area (Å²) in [5.74, 6) is 0.715. The zero-order valence-corrected chi connectivity index (χ0v) is 12.1. The quantitative estimate of drug-likeness (QED) is 0.792. The zero-order valence-electron chi connectivity index (χ0n) is 11.4. The smallest absolute Gasteiger partial charge is 0.173 e. The molecule has 0 saturated carbocycles. The maximum absolute atomic E-state index is 12.0. The van der Waals surface area contributed by atoms with Crippen LogP contribution in [0.5, 0.6) is 5.75 Å². The number of carbonyl (C=O) groups is 1. The van der Waals surface area contributed by atoms with Crippen LogP contribution < -0.4 is 4.74 Å². The lowest BCUT2D eigenvalue weighted by atomic mass is 10.1. The van der Waals surface area contributed by atoms with Gasteiger partial charge in [-0.3, -0.25) is 4.79 Å². The van der Waals surface area contributed by atoms with Crippen LogP contribution in [0.3, 0.4) is 0 Å².